The summed E-state index contributed by atoms with van der Waals surface area (Å²) >= 11 is 3.59. The highest BCUT2D eigenvalue weighted by molar-refractivity contribution is 8.01. The Morgan fingerprint density at radius 1 is 0.917 bits per heavy atom. The van der Waals surface area contributed by atoms with Gasteiger partial charge in [0.25, 0.3) is 0 Å². The maximum absolute atomic E-state index is 2.14. The van der Waals surface area contributed by atoms with Gasteiger partial charge in [0.05, 0.1) is 4.21 Å². The van der Waals surface area contributed by atoms with Crippen molar-refractivity contribution in [3.63, 3.8) is 0 Å². The molecule has 0 aliphatic rings. The van der Waals surface area contributed by atoms with E-state index in [9.17, 15) is 0 Å². The van der Waals surface area contributed by atoms with Crippen molar-refractivity contribution in [2.75, 3.05) is 0 Å². The lowest BCUT2D eigenvalue weighted by Gasteiger charge is -1.95. The van der Waals surface area contributed by atoms with Crippen LogP contribution in [0, 0.1) is 0 Å². The van der Waals surface area contributed by atoms with Crippen molar-refractivity contribution in [1.82, 2.24) is 0 Å². The molecule has 0 unspecified atom stereocenters. The van der Waals surface area contributed by atoms with Crippen molar-refractivity contribution in [1.29, 1.82) is 0 Å². The first-order chi connectivity index (χ1) is 5.95. The lowest BCUT2D eigenvalue weighted by Crippen LogP contribution is -1.65. The minimum atomic E-state index is 1.31. The summed E-state index contributed by atoms with van der Waals surface area (Å²) in [5, 5.41) is 2.10. The minimum absolute atomic E-state index is 1.31. The van der Waals surface area contributed by atoms with Gasteiger partial charge in [-0.2, -0.15) is 0 Å². The largest absolute Gasteiger partial charge is 0.137 e. The van der Waals surface area contributed by atoms with Gasteiger partial charge in [0, 0.05) is 4.90 Å². The van der Waals surface area contributed by atoms with Crippen molar-refractivity contribution >= 4 is 23.1 Å². The van der Waals surface area contributed by atoms with Gasteiger partial charge in [0.1, 0.15) is 0 Å². The van der Waals surface area contributed by atoms with Crippen molar-refractivity contribution < 1.29 is 0 Å². The third-order valence-electron chi connectivity index (χ3n) is 1.46. The van der Waals surface area contributed by atoms with Crippen LogP contribution in [-0.2, 0) is 0 Å². The number of benzene rings is 1. The maximum Gasteiger partial charge on any atom is 0.0646 e. The molecular formula is C10H8S2. The van der Waals surface area contributed by atoms with E-state index < -0.39 is 0 Å². The summed E-state index contributed by atoms with van der Waals surface area (Å²) in [7, 11) is 0. The first-order valence-electron chi connectivity index (χ1n) is 3.71. The Morgan fingerprint density at radius 2 is 1.75 bits per heavy atom. The van der Waals surface area contributed by atoms with Gasteiger partial charge in [-0.3, -0.25) is 0 Å². The van der Waals surface area contributed by atoms with E-state index in [0.717, 1.165) is 0 Å². The van der Waals surface area contributed by atoms with Gasteiger partial charge < -0.3 is 0 Å². The van der Waals surface area contributed by atoms with Gasteiger partial charge in [-0.15, -0.1) is 11.3 Å². The molecule has 0 radical (unpaired) electrons. The molecule has 0 spiro atoms. The van der Waals surface area contributed by atoms with E-state index >= 15 is 0 Å². The molecule has 0 fully saturated rings. The lowest BCUT2D eigenvalue weighted by atomic mass is 10.4. The van der Waals surface area contributed by atoms with Gasteiger partial charge in [0.15, 0.2) is 0 Å². The van der Waals surface area contributed by atoms with Crippen LogP contribution in [-0.4, -0.2) is 0 Å². The zero-order valence-corrected chi connectivity index (χ0v) is 8.07. The summed E-state index contributed by atoms with van der Waals surface area (Å²) in [5.74, 6) is 0. The standard InChI is InChI=1S/C10H8S2/c1-2-5-9(6-3-1)12-10-7-4-8-11-10/h1-8H. The predicted octanol–water partition coefficient (Wildman–Crippen LogP) is 3.90. The number of hydrogen-bond acceptors (Lipinski definition) is 2. The van der Waals surface area contributed by atoms with Crippen LogP contribution in [0.25, 0.3) is 0 Å². The van der Waals surface area contributed by atoms with Gasteiger partial charge >= 0.3 is 0 Å². The molecule has 0 amide bonds. The lowest BCUT2D eigenvalue weighted by molar-refractivity contribution is 1.46. The van der Waals surface area contributed by atoms with Crippen LogP contribution in [0.1, 0.15) is 0 Å². The zero-order chi connectivity index (χ0) is 8.23. The van der Waals surface area contributed by atoms with E-state index in [2.05, 4.69) is 41.8 Å². The van der Waals surface area contributed by atoms with Crippen molar-refractivity contribution in [2.24, 2.45) is 0 Å². The maximum atomic E-state index is 2.14. The van der Waals surface area contributed by atoms with Crippen molar-refractivity contribution in [3.05, 3.63) is 47.8 Å². The Hall–Kier alpha value is -0.730. The molecule has 0 bridgehead atoms. The first kappa shape index (κ1) is 7.90. The predicted molar refractivity (Wildman–Crippen MR) is 54.9 cm³/mol. The van der Waals surface area contributed by atoms with Gasteiger partial charge in [-0.05, 0) is 23.6 Å². The van der Waals surface area contributed by atoms with Crippen LogP contribution < -0.4 is 0 Å². The molecule has 1 aromatic carbocycles. The molecule has 12 heavy (non-hydrogen) atoms. The molecule has 60 valence electrons. The quantitative estimate of drug-likeness (QED) is 0.695. The molecule has 1 heterocycles. The highest BCUT2D eigenvalue weighted by atomic mass is 32.2. The van der Waals surface area contributed by atoms with Crippen molar-refractivity contribution in [2.45, 2.75) is 9.10 Å². The summed E-state index contributed by atoms with van der Waals surface area (Å²) in [4.78, 5) is 1.31. The Bertz CT molecular complexity index is 324. The van der Waals surface area contributed by atoms with Gasteiger partial charge in [-0.25, -0.2) is 0 Å². The molecule has 2 heteroatoms. The van der Waals surface area contributed by atoms with E-state index in [1.54, 1.807) is 11.3 Å². The third kappa shape index (κ3) is 1.90. The number of hydrogen-bond donors (Lipinski definition) is 0. The molecule has 0 saturated carbocycles. The third-order valence-corrected chi connectivity index (χ3v) is 3.50. The topological polar surface area (TPSA) is 0 Å². The van der Waals surface area contributed by atoms with E-state index in [4.69, 9.17) is 0 Å². The second kappa shape index (κ2) is 3.78. The molecule has 0 nitrogen and oxygen atoms in total. The fourth-order valence-electron chi connectivity index (χ4n) is 0.926. The van der Waals surface area contributed by atoms with E-state index in [1.165, 1.54) is 9.10 Å². The van der Waals surface area contributed by atoms with Gasteiger partial charge in [0.2, 0.25) is 0 Å². The molecule has 0 saturated heterocycles. The van der Waals surface area contributed by atoms with E-state index in [1.807, 2.05) is 17.8 Å². The van der Waals surface area contributed by atoms with Crippen LogP contribution in [0.15, 0.2) is 56.9 Å². The van der Waals surface area contributed by atoms with Crippen LogP contribution in [0.4, 0.5) is 0 Å². The fourth-order valence-corrected chi connectivity index (χ4v) is 2.69. The summed E-state index contributed by atoms with van der Waals surface area (Å²) < 4.78 is 1.35. The minimum Gasteiger partial charge on any atom is -0.137 e. The average Bonchev–Trinajstić information content (AvgIpc) is 2.59. The summed E-state index contributed by atoms with van der Waals surface area (Å²) in [6.45, 7) is 0. The SMILES string of the molecule is c1ccc(Sc2cccs2)cc1. The molecule has 0 N–H and O–H groups in total. The average molecular weight is 192 g/mol. The Kier molecular flexibility index (Phi) is 2.49. The summed E-state index contributed by atoms with van der Waals surface area (Å²) in [6, 6.07) is 14.7. The zero-order valence-electron chi connectivity index (χ0n) is 6.44. The van der Waals surface area contributed by atoms with E-state index in [-0.39, 0.29) is 0 Å². The summed E-state index contributed by atoms with van der Waals surface area (Å²) in [5.41, 5.74) is 0. The number of thiophene rings is 1. The second-order valence-electron chi connectivity index (χ2n) is 2.35. The molecule has 1 aromatic heterocycles. The van der Waals surface area contributed by atoms with Crippen LogP contribution in [0.2, 0.25) is 0 Å². The molecule has 2 aromatic rings. The molecule has 0 aliphatic carbocycles. The highest BCUT2D eigenvalue weighted by Crippen LogP contribution is 2.30. The first-order valence-corrected chi connectivity index (χ1v) is 5.41. The van der Waals surface area contributed by atoms with Crippen molar-refractivity contribution in [3.8, 4) is 0 Å². The van der Waals surface area contributed by atoms with Gasteiger partial charge in [-0.1, -0.05) is 36.0 Å². The Labute approximate surface area is 80.3 Å². The summed E-state index contributed by atoms with van der Waals surface area (Å²) in [6.07, 6.45) is 0. The monoisotopic (exact) mass is 192 g/mol. The molecule has 2 rings (SSSR count). The normalized spacial score (nSPS) is 10.0. The second-order valence-corrected chi connectivity index (χ2v) is 4.67. The molecule has 0 aliphatic heterocycles. The fraction of sp³-hybridized carbons (Fsp3) is 0. The number of rotatable bonds is 2. The van der Waals surface area contributed by atoms with E-state index in [0.29, 0.717) is 0 Å². The highest BCUT2D eigenvalue weighted by Gasteiger charge is 1.95. The van der Waals surface area contributed by atoms with Crippen LogP contribution >= 0.6 is 23.1 Å². The Morgan fingerprint density at radius 3 is 2.42 bits per heavy atom. The Balaban J connectivity index is 2.15. The van der Waals surface area contributed by atoms with Crippen LogP contribution in [0.3, 0.4) is 0 Å². The molecule has 0 atom stereocenters. The van der Waals surface area contributed by atoms with Crippen LogP contribution in [0.5, 0.6) is 0 Å². The molecular weight excluding hydrogens is 184 g/mol. The smallest absolute Gasteiger partial charge is 0.0646 e.